The molecule has 1 aromatic rings. The van der Waals surface area contributed by atoms with Crippen LogP contribution in [0.5, 0.6) is 0 Å². The Morgan fingerprint density at radius 3 is 2.93 bits per heavy atom. The van der Waals surface area contributed by atoms with Crippen LogP contribution in [0.15, 0.2) is 42.7 Å². The zero-order chi connectivity index (χ0) is 10.5. The number of rotatable bonds is 1. The van der Waals surface area contributed by atoms with Gasteiger partial charge in [0.2, 0.25) is 5.60 Å². The molecule has 3 rings (SSSR count). The third kappa shape index (κ3) is 0.871. The number of benzene rings is 1. The van der Waals surface area contributed by atoms with Gasteiger partial charge in [-0.2, -0.15) is 0 Å². The summed E-state index contributed by atoms with van der Waals surface area (Å²) in [5.41, 5.74) is 1.01. The predicted octanol–water partition coefficient (Wildman–Crippen LogP) is 2.59. The van der Waals surface area contributed by atoms with Gasteiger partial charge in [0.05, 0.1) is 0 Å². The smallest absolute Gasteiger partial charge is 0.410 e. The molecule has 74 valence electrons. The summed E-state index contributed by atoms with van der Waals surface area (Å²) in [6, 6.07) is 7.67. The highest BCUT2D eigenvalue weighted by molar-refractivity contribution is 5.78. The number of carbonyl (C=O) groups is 1. The summed E-state index contributed by atoms with van der Waals surface area (Å²) in [6.45, 7) is 3.71. The molecule has 0 radical (unpaired) electrons. The average molecular weight is 200 g/mol. The molecule has 0 saturated carbocycles. The van der Waals surface area contributed by atoms with Gasteiger partial charge in [-0.15, -0.1) is 0 Å². The van der Waals surface area contributed by atoms with Gasteiger partial charge in [-0.3, -0.25) is 0 Å². The second-order valence-corrected chi connectivity index (χ2v) is 3.49. The van der Waals surface area contributed by atoms with Crippen molar-refractivity contribution in [2.45, 2.75) is 5.60 Å². The summed E-state index contributed by atoms with van der Waals surface area (Å²) in [5, 5.41) is 0. The summed E-state index contributed by atoms with van der Waals surface area (Å²) >= 11 is 0. The average Bonchev–Trinajstić information content (AvgIpc) is 2.69. The van der Waals surface area contributed by atoms with Crippen LogP contribution in [0.2, 0.25) is 0 Å². The molecule has 0 spiro atoms. The van der Waals surface area contributed by atoms with Gasteiger partial charge in [-0.25, -0.2) is 4.79 Å². The molecule has 15 heavy (non-hydrogen) atoms. The molecule has 1 aliphatic heterocycles. The van der Waals surface area contributed by atoms with Gasteiger partial charge in [0.25, 0.3) is 0 Å². The molecule has 0 aromatic heterocycles. The Morgan fingerprint density at radius 1 is 1.33 bits per heavy atom. The second kappa shape index (κ2) is 2.51. The molecule has 0 bridgehead atoms. The zero-order valence-electron chi connectivity index (χ0n) is 7.90. The lowest BCUT2D eigenvalue weighted by molar-refractivity contribution is 0.0917. The van der Waals surface area contributed by atoms with Crippen LogP contribution < -0.4 is 0 Å². The van der Waals surface area contributed by atoms with E-state index in [1.165, 1.54) is 0 Å². The molecule has 1 heterocycles. The molecule has 1 saturated heterocycles. The fourth-order valence-corrected chi connectivity index (χ4v) is 2.05. The maximum absolute atomic E-state index is 11.1. The second-order valence-electron chi connectivity index (χ2n) is 3.49. The summed E-state index contributed by atoms with van der Waals surface area (Å²) < 4.78 is 10.2. The first-order valence-corrected chi connectivity index (χ1v) is 4.62. The summed E-state index contributed by atoms with van der Waals surface area (Å²) in [6.07, 6.45) is 2.73. The minimum absolute atomic E-state index is 0.503. The molecule has 1 aliphatic carbocycles. The lowest BCUT2D eigenvalue weighted by atomic mass is 9.95. The minimum atomic E-state index is -0.895. The Morgan fingerprint density at radius 2 is 2.13 bits per heavy atom. The van der Waals surface area contributed by atoms with E-state index < -0.39 is 11.8 Å². The van der Waals surface area contributed by atoms with Crippen molar-refractivity contribution in [2.24, 2.45) is 0 Å². The summed E-state index contributed by atoms with van der Waals surface area (Å²) in [7, 11) is 0. The third-order valence-corrected chi connectivity index (χ3v) is 2.74. The first-order chi connectivity index (χ1) is 7.26. The Bertz CT molecular complexity index is 501. The van der Waals surface area contributed by atoms with Gasteiger partial charge in [0.1, 0.15) is 0 Å². The van der Waals surface area contributed by atoms with Crippen LogP contribution in [0.3, 0.4) is 0 Å². The van der Waals surface area contributed by atoms with Crippen molar-refractivity contribution in [2.75, 3.05) is 0 Å². The van der Waals surface area contributed by atoms with Crippen LogP contribution in [0.1, 0.15) is 11.1 Å². The Balaban J connectivity index is 2.27. The van der Waals surface area contributed by atoms with E-state index in [4.69, 9.17) is 9.47 Å². The van der Waals surface area contributed by atoms with E-state index in [1.807, 2.05) is 30.3 Å². The van der Waals surface area contributed by atoms with Crippen molar-refractivity contribution in [3.05, 3.63) is 53.8 Å². The van der Waals surface area contributed by atoms with Gasteiger partial charge < -0.3 is 9.47 Å². The highest BCUT2D eigenvalue weighted by Crippen LogP contribution is 2.48. The maximum Gasteiger partial charge on any atom is 0.515 e. The number of ether oxygens (including phenoxy) is 2. The normalized spacial score (nSPS) is 26.1. The number of carbonyl (C=O) groups excluding carboxylic acids is 1. The summed E-state index contributed by atoms with van der Waals surface area (Å²) in [5.74, 6) is 0.503. The lowest BCUT2D eigenvalue weighted by Gasteiger charge is -2.18. The van der Waals surface area contributed by atoms with Crippen LogP contribution >= 0.6 is 0 Å². The van der Waals surface area contributed by atoms with Gasteiger partial charge in [0.15, 0.2) is 5.76 Å². The quantitative estimate of drug-likeness (QED) is 0.516. The van der Waals surface area contributed by atoms with Crippen molar-refractivity contribution in [1.29, 1.82) is 0 Å². The molecular weight excluding hydrogens is 192 g/mol. The van der Waals surface area contributed by atoms with Crippen LogP contribution in [0.25, 0.3) is 6.08 Å². The Hall–Kier alpha value is -2.03. The van der Waals surface area contributed by atoms with E-state index >= 15 is 0 Å². The highest BCUT2D eigenvalue weighted by atomic mass is 16.8. The topological polar surface area (TPSA) is 35.5 Å². The van der Waals surface area contributed by atoms with Gasteiger partial charge in [-0.1, -0.05) is 30.8 Å². The van der Waals surface area contributed by atoms with E-state index in [1.54, 1.807) is 6.08 Å². The first kappa shape index (κ1) is 8.29. The number of hydrogen-bond acceptors (Lipinski definition) is 3. The number of hydrogen-bond donors (Lipinski definition) is 0. The van der Waals surface area contributed by atoms with Gasteiger partial charge >= 0.3 is 6.16 Å². The van der Waals surface area contributed by atoms with Crippen molar-refractivity contribution in [3.63, 3.8) is 0 Å². The molecule has 3 nitrogen and oxygen atoms in total. The SMILES string of the molecule is C=CC12OC(=O)OC1=Cc1ccccc12. The van der Waals surface area contributed by atoms with Crippen LogP contribution in [0.4, 0.5) is 4.79 Å². The first-order valence-electron chi connectivity index (χ1n) is 4.62. The maximum atomic E-state index is 11.1. The molecule has 2 aliphatic rings. The van der Waals surface area contributed by atoms with Crippen molar-refractivity contribution in [1.82, 2.24) is 0 Å². The molecular formula is C12H8O3. The van der Waals surface area contributed by atoms with Crippen molar-refractivity contribution >= 4 is 12.2 Å². The monoisotopic (exact) mass is 200 g/mol. The third-order valence-electron chi connectivity index (χ3n) is 2.74. The predicted molar refractivity (Wildman–Crippen MR) is 53.9 cm³/mol. The molecule has 0 N–H and O–H groups in total. The molecule has 1 atom stereocenters. The van der Waals surface area contributed by atoms with E-state index in [0.717, 1.165) is 11.1 Å². The fraction of sp³-hybridized carbons (Fsp3) is 0.0833. The standard InChI is InChI=1S/C12H8O3/c1-2-12-9-6-4-3-5-8(9)7-10(12)14-11(13)15-12/h2-7H,1H2. The van der Waals surface area contributed by atoms with Crippen LogP contribution in [0, 0.1) is 0 Å². The van der Waals surface area contributed by atoms with E-state index in [-0.39, 0.29) is 0 Å². The summed E-state index contributed by atoms with van der Waals surface area (Å²) in [4.78, 5) is 11.1. The minimum Gasteiger partial charge on any atom is -0.410 e. The largest absolute Gasteiger partial charge is 0.515 e. The fourth-order valence-electron chi connectivity index (χ4n) is 2.05. The highest BCUT2D eigenvalue weighted by Gasteiger charge is 2.51. The van der Waals surface area contributed by atoms with Crippen LogP contribution in [-0.4, -0.2) is 6.16 Å². The van der Waals surface area contributed by atoms with E-state index in [0.29, 0.717) is 5.76 Å². The zero-order valence-corrected chi connectivity index (χ0v) is 7.90. The van der Waals surface area contributed by atoms with E-state index in [2.05, 4.69) is 6.58 Å². The Kier molecular flexibility index (Phi) is 1.39. The molecule has 3 heteroatoms. The van der Waals surface area contributed by atoms with Crippen molar-refractivity contribution in [3.8, 4) is 0 Å². The Labute approximate surface area is 86.6 Å². The van der Waals surface area contributed by atoms with Crippen LogP contribution in [-0.2, 0) is 15.1 Å². The molecule has 1 aromatic carbocycles. The molecule has 1 unspecified atom stereocenters. The molecule has 1 fully saturated rings. The van der Waals surface area contributed by atoms with Gasteiger partial charge in [0, 0.05) is 5.56 Å². The number of fused-ring (bicyclic) bond motifs is 3. The van der Waals surface area contributed by atoms with E-state index in [9.17, 15) is 4.79 Å². The van der Waals surface area contributed by atoms with Crippen molar-refractivity contribution < 1.29 is 14.3 Å². The molecule has 0 amide bonds. The lowest BCUT2D eigenvalue weighted by Crippen LogP contribution is -2.21. The van der Waals surface area contributed by atoms with Gasteiger partial charge in [-0.05, 0) is 17.7 Å².